The number of ether oxygens (including phenoxy) is 1. The van der Waals surface area contributed by atoms with Crippen molar-refractivity contribution in [2.75, 3.05) is 20.2 Å². The first-order chi connectivity index (χ1) is 8.55. The van der Waals surface area contributed by atoms with E-state index in [1.54, 1.807) is 4.90 Å². The van der Waals surface area contributed by atoms with Crippen LogP contribution < -0.4 is 0 Å². The van der Waals surface area contributed by atoms with Crippen molar-refractivity contribution >= 4 is 5.97 Å². The van der Waals surface area contributed by atoms with Gasteiger partial charge in [0.15, 0.2) is 0 Å². The summed E-state index contributed by atoms with van der Waals surface area (Å²) in [5.41, 5.74) is 0.504. The first-order valence-corrected chi connectivity index (χ1v) is 5.79. The zero-order valence-electron chi connectivity index (χ0n) is 10.6. The van der Waals surface area contributed by atoms with Crippen LogP contribution in [-0.4, -0.2) is 31.1 Å². The van der Waals surface area contributed by atoms with Gasteiger partial charge >= 0.3 is 5.97 Å². The Morgan fingerprint density at radius 2 is 1.89 bits per heavy atom. The minimum Gasteiger partial charge on any atom is -0.468 e. The van der Waals surface area contributed by atoms with E-state index in [1.807, 2.05) is 6.92 Å². The fraction of sp³-hybridized carbons (Fsp3) is 0.462. The summed E-state index contributed by atoms with van der Waals surface area (Å²) in [5, 5.41) is 0. The van der Waals surface area contributed by atoms with Crippen molar-refractivity contribution in [1.29, 1.82) is 0 Å². The Balaban J connectivity index is 2.72. The smallest absolute Gasteiger partial charge is 0.319 e. The van der Waals surface area contributed by atoms with Gasteiger partial charge in [-0.15, -0.1) is 0 Å². The van der Waals surface area contributed by atoms with Crippen molar-refractivity contribution in [3.05, 3.63) is 35.4 Å². The van der Waals surface area contributed by atoms with E-state index in [0.717, 1.165) is 12.5 Å². The molecule has 0 bridgehead atoms. The lowest BCUT2D eigenvalue weighted by Gasteiger charge is -2.20. The zero-order chi connectivity index (χ0) is 13.5. The van der Waals surface area contributed by atoms with Gasteiger partial charge in [-0.05, 0) is 30.7 Å². The quantitative estimate of drug-likeness (QED) is 0.733. The number of rotatable bonds is 6. The average molecular weight is 257 g/mol. The summed E-state index contributed by atoms with van der Waals surface area (Å²) in [6.45, 7) is 3.06. The Kier molecular flexibility index (Phi) is 5.71. The molecular weight excluding hydrogens is 240 g/mol. The molecule has 0 saturated carbocycles. The number of methoxy groups -OCH3 is 1. The normalized spacial score (nSPS) is 10.7. The second-order valence-corrected chi connectivity index (χ2v) is 4.06. The molecule has 0 radical (unpaired) electrons. The Hall–Kier alpha value is -1.49. The number of nitrogens with zero attached hydrogens (tertiary/aromatic N) is 1. The molecule has 0 atom stereocenters. The van der Waals surface area contributed by atoms with Crippen LogP contribution in [0.1, 0.15) is 18.9 Å². The van der Waals surface area contributed by atoms with Crippen LogP contribution in [0.3, 0.4) is 0 Å². The lowest BCUT2D eigenvalue weighted by Crippen LogP contribution is -2.31. The molecule has 0 fully saturated rings. The van der Waals surface area contributed by atoms with E-state index < -0.39 is 11.6 Å². The first-order valence-electron chi connectivity index (χ1n) is 5.79. The third kappa shape index (κ3) is 4.79. The summed E-state index contributed by atoms with van der Waals surface area (Å²) in [6, 6.07) is 3.36. The molecular formula is C13H17F2NO2. The third-order valence-electron chi connectivity index (χ3n) is 2.45. The molecule has 100 valence electrons. The van der Waals surface area contributed by atoms with Crippen molar-refractivity contribution in [3.8, 4) is 0 Å². The molecule has 0 aliphatic rings. The van der Waals surface area contributed by atoms with E-state index in [4.69, 9.17) is 0 Å². The Morgan fingerprint density at radius 1 is 1.28 bits per heavy atom. The summed E-state index contributed by atoms with van der Waals surface area (Å²) in [5.74, 6) is -1.58. The summed E-state index contributed by atoms with van der Waals surface area (Å²) in [4.78, 5) is 13.0. The van der Waals surface area contributed by atoms with Crippen LogP contribution in [0.2, 0.25) is 0 Å². The Bertz CT molecular complexity index is 390. The maximum absolute atomic E-state index is 13.0. The molecule has 0 spiro atoms. The largest absolute Gasteiger partial charge is 0.468 e. The minimum absolute atomic E-state index is 0.114. The average Bonchev–Trinajstić information content (AvgIpc) is 2.27. The number of esters is 1. The van der Waals surface area contributed by atoms with Gasteiger partial charge in [0, 0.05) is 12.6 Å². The number of hydrogen-bond acceptors (Lipinski definition) is 3. The Labute approximate surface area is 105 Å². The number of carbonyl (C=O) groups excluding carboxylic acids is 1. The van der Waals surface area contributed by atoms with Gasteiger partial charge in [-0.25, -0.2) is 8.78 Å². The van der Waals surface area contributed by atoms with Gasteiger partial charge in [-0.1, -0.05) is 6.92 Å². The van der Waals surface area contributed by atoms with Crippen LogP contribution in [0.25, 0.3) is 0 Å². The van der Waals surface area contributed by atoms with Crippen molar-refractivity contribution in [1.82, 2.24) is 4.90 Å². The molecule has 18 heavy (non-hydrogen) atoms. The molecule has 0 amide bonds. The van der Waals surface area contributed by atoms with Gasteiger partial charge in [-0.2, -0.15) is 0 Å². The second kappa shape index (κ2) is 7.06. The molecule has 1 aromatic rings. The maximum Gasteiger partial charge on any atom is 0.319 e. The van der Waals surface area contributed by atoms with E-state index in [-0.39, 0.29) is 12.5 Å². The van der Waals surface area contributed by atoms with Crippen molar-refractivity contribution < 1.29 is 18.3 Å². The topological polar surface area (TPSA) is 29.5 Å². The lowest BCUT2D eigenvalue weighted by molar-refractivity contribution is -0.142. The monoisotopic (exact) mass is 257 g/mol. The van der Waals surface area contributed by atoms with Crippen LogP contribution in [0.4, 0.5) is 8.78 Å². The van der Waals surface area contributed by atoms with Gasteiger partial charge in [-0.3, -0.25) is 9.69 Å². The zero-order valence-corrected chi connectivity index (χ0v) is 10.6. The van der Waals surface area contributed by atoms with Gasteiger partial charge in [0.25, 0.3) is 0 Å². The summed E-state index contributed by atoms with van der Waals surface area (Å²) in [6.07, 6.45) is 0.842. The van der Waals surface area contributed by atoms with E-state index in [0.29, 0.717) is 18.7 Å². The van der Waals surface area contributed by atoms with Gasteiger partial charge in [0.05, 0.1) is 13.7 Å². The highest BCUT2D eigenvalue weighted by molar-refractivity contribution is 5.71. The molecule has 5 heteroatoms. The van der Waals surface area contributed by atoms with Crippen LogP contribution in [0.15, 0.2) is 18.2 Å². The highest BCUT2D eigenvalue weighted by Crippen LogP contribution is 2.11. The molecule has 0 aromatic heterocycles. The molecule has 0 aliphatic heterocycles. The van der Waals surface area contributed by atoms with Crippen molar-refractivity contribution in [2.24, 2.45) is 0 Å². The third-order valence-corrected chi connectivity index (χ3v) is 2.45. The molecule has 0 saturated heterocycles. The van der Waals surface area contributed by atoms with Gasteiger partial charge in [0.1, 0.15) is 11.6 Å². The first kappa shape index (κ1) is 14.6. The van der Waals surface area contributed by atoms with E-state index >= 15 is 0 Å². The lowest BCUT2D eigenvalue weighted by atomic mass is 10.2. The van der Waals surface area contributed by atoms with E-state index in [2.05, 4.69) is 4.74 Å². The fourth-order valence-corrected chi connectivity index (χ4v) is 1.74. The molecule has 1 aromatic carbocycles. The standard InChI is InChI=1S/C13H17F2NO2/c1-3-4-16(9-13(17)18-2)8-10-5-11(14)7-12(15)6-10/h5-7H,3-4,8-9H2,1-2H3. The number of carbonyl (C=O) groups is 1. The van der Waals surface area contributed by atoms with E-state index in [1.165, 1.54) is 19.2 Å². The van der Waals surface area contributed by atoms with Crippen LogP contribution in [0.5, 0.6) is 0 Å². The highest BCUT2D eigenvalue weighted by Gasteiger charge is 2.11. The number of halogens is 2. The van der Waals surface area contributed by atoms with E-state index in [9.17, 15) is 13.6 Å². The molecule has 0 unspecified atom stereocenters. The van der Waals surface area contributed by atoms with Crippen molar-refractivity contribution in [3.63, 3.8) is 0 Å². The van der Waals surface area contributed by atoms with Crippen LogP contribution >= 0.6 is 0 Å². The SMILES string of the molecule is CCCN(CC(=O)OC)Cc1cc(F)cc(F)c1. The van der Waals surface area contributed by atoms with Gasteiger partial charge in [0.2, 0.25) is 0 Å². The summed E-state index contributed by atoms with van der Waals surface area (Å²) < 4.78 is 30.7. The van der Waals surface area contributed by atoms with Crippen LogP contribution in [0, 0.1) is 11.6 Å². The summed E-state index contributed by atoms with van der Waals surface area (Å²) >= 11 is 0. The molecule has 3 nitrogen and oxygen atoms in total. The summed E-state index contributed by atoms with van der Waals surface area (Å²) in [7, 11) is 1.31. The predicted molar refractivity (Wildman–Crippen MR) is 63.9 cm³/mol. The van der Waals surface area contributed by atoms with Crippen LogP contribution in [-0.2, 0) is 16.1 Å². The maximum atomic E-state index is 13.0. The highest BCUT2D eigenvalue weighted by atomic mass is 19.1. The predicted octanol–water partition coefficient (Wildman–Crippen LogP) is 2.35. The van der Waals surface area contributed by atoms with Gasteiger partial charge < -0.3 is 4.74 Å². The molecule has 0 aliphatic carbocycles. The Morgan fingerprint density at radius 3 is 2.39 bits per heavy atom. The fourth-order valence-electron chi connectivity index (χ4n) is 1.74. The number of benzene rings is 1. The minimum atomic E-state index is -0.612. The molecule has 1 rings (SSSR count). The molecule has 0 N–H and O–H groups in total. The van der Waals surface area contributed by atoms with Crippen molar-refractivity contribution in [2.45, 2.75) is 19.9 Å². The molecule has 0 heterocycles. The second-order valence-electron chi connectivity index (χ2n) is 4.06. The number of hydrogen-bond donors (Lipinski definition) is 0.